The van der Waals surface area contributed by atoms with E-state index in [9.17, 15) is 4.79 Å². The number of aryl methyl sites for hydroxylation is 2. The molecule has 0 bridgehead atoms. The summed E-state index contributed by atoms with van der Waals surface area (Å²) in [5.74, 6) is 1.25. The van der Waals surface area contributed by atoms with Crippen LogP contribution in [0.4, 0.5) is 4.79 Å². The number of nitrogens with one attached hydrogen (secondary N) is 2. The van der Waals surface area contributed by atoms with Crippen molar-refractivity contribution in [3.63, 3.8) is 0 Å². The van der Waals surface area contributed by atoms with Gasteiger partial charge in [-0.1, -0.05) is 30.3 Å². The Bertz CT molecular complexity index is 909. The molecule has 1 atom stereocenters. The quantitative estimate of drug-likeness (QED) is 0.731. The number of nitrogens with zero attached hydrogens (tertiary/aromatic N) is 2. The highest BCUT2D eigenvalue weighted by atomic mass is 16.2. The molecule has 3 aromatic rings. The topological polar surface area (TPSA) is 61.0 Å². The van der Waals surface area contributed by atoms with Crippen LogP contribution in [0.5, 0.6) is 0 Å². The average Bonchev–Trinajstić information content (AvgIpc) is 3.10. The zero-order chi connectivity index (χ0) is 18.8. The SMILES string of the molecule is Cc1cc2nc([C@@H]3CCCN(C(=O)NCc4ccccc4)C3)[nH]c2cc1C. The van der Waals surface area contributed by atoms with Crippen LogP contribution in [0.3, 0.4) is 0 Å². The second-order valence-electron chi connectivity index (χ2n) is 7.51. The predicted molar refractivity (Wildman–Crippen MR) is 108 cm³/mol. The van der Waals surface area contributed by atoms with Gasteiger partial charge in [-0.05, 0) is 55.5 Å². The molecule has 1 aliphatic rings. The molecule has 0 aliphatic carbocycles. The van der Waals surface area contributed by atoms with Crippen molar-refractivity contribution in [3.8, 4) is 0 Å². The van der Waals surface area contributed by atoms with Crippen molar-refractivity contribution in [2.24, 2.45) is 0 Å². The number of likely N-dealkylation sites (tertiary alicyclic amines) is 1. The summed E-state index contributed by atoms with van der Waals surface area (Å²) in [6.07, 6.45) is 2.05. The van der Waals surface area contributed by atoms with Crippen LogP contribution in [0.25, 0.3) is 11.0 Å². The Balaban J connectivity index is 1.44. The molecule has 0 radical (unpaired) electrons. The monoisotopic (exact) mass is 362 g/mol. The molecular formula is C22H26N4O. The van der Waals surface area contributed by atoms with E-state index in [-0.39, 0.29) is 11.9 Å². The van der Waals surface area contributed by atoms with Gasteiger partial charge >= 0.3 is 6.03 Å². The van der Waals surface area contributed by atoms with Crippen molar-refractivity contribution in [2.45, 2.75) is 39.2 Å². The lowest BCUT2D eigenvalue weighted by Gasteiger charge is -2.31. The van der Waals surface area contributed by atoms with E-state index in [4.69, 9.17) is 4.98 Å². The Labute approximate surface area is 159 Å². The number of aromatic amines is 1. The van der Waals surface area contributed by atoms with Crippen molar-refractivity contribution in [1.29, 1.82) is 0 Å². The third-order valence-electron chi connectivity index (χ3n) is 5.50. The molecule has 2 N–H and O–H groups in total. The van der Waals surface area contributed by atoms with Gasteiger partial charge < -0.3 is 15.2 Å². The van der Waals surface area contributed by atoms with Gasteiger partial charge in [-0.3, -0.25) is 0 Å². The van der Waals surface area contributed by atoms with Gasteiger partial charge in [0.1, 0.15) is 5.82 Å². The minimum atomic E-state index is 0.00588. The highest BCUT2D eigenvalue weighted by Crippen LogP contribution is 2.27. The van der Waals surface area contributed by atoms with Crippen LogP contribution in [0, 0.1) is 13.8 Å². The van der Waals surface area contributed by atoms with E-state index in [2.05, 4.69) is 36.3 Å². The first-order chi connectivity index (χ1) is 13.1. The molecule has 0 unspecified atom stereocenters. The van der Waals surface area contributed by atoms with E-state index < -0.39 is 0 Å². The third kappa shape index (κ3) is 3.82. The minimum Gasteiger partial charge on any atom is -0.342 e. The summed E-state index contributed by atoms with van der Waals surface area (Å²) < 4.78 is 0. The van der Waals surface area contributed by atoms with Gasteiger partial charge in [-0.15, -0.1) is 0 Å². The zero-order valence-corrected chi connectivity index (χ0v) is 16.0. The summed E-state index contributed by atoms with van der Waals surface area (Å²) in [7, 11) is 0. The Hall–Kier alpha value is -2.82. The molecule has 27 heavy (non-hydrogen) atoms. The van der Waals surface area contributed by atoms with Gasteiger partial charge in [0, 0.05) is 25.6 Å². The molecule has 5 heteroatoms. The van der Waals surface area contributed by atoms with Crippen LogP contribution in [0.1, 0.15) is 41.3 Å². The smallest absolute Gasteiger partial charge is 0.317 e. The van der Waals surface area contributed by atoms with Gasteiger partial charge in [0.05, 0.1) is 11.0 Å². The number of amides is 2. The number of imidazole rings is 1. The molecule has 0 spiro atoms. The second kappa shape index (κ2) is 7.43. The van der Waals surface area contributed by atoms with Crippen LogP contribution >= 0.6 is 0 Å². The lowest BCUT2D eigenvalue weighted by molar-refractivity contribution is 0.178. The Morgan fingerprint density at radius 3 is 2.81 bits per heavy atom. The fourth-order valence-electron chi connectivity index (χ4n) is 3.75. The van der Waals surface area contributed by atoms with E-state index in [1.165, 1.54) is 11.1 Å². The van der Waals surface area contributed by atoms with Gasteiger partial charge in [0.2, 0.25) is 0 Å². The molecule has 1 aromatic heterocycles. The first-order valence-corrected chi connectivity index (χ1v) is 9.64. The van der Waals surface area contributed by atoms with E-state index in [0.717, 1.165) is 41.8 Å². The van der Waals surface area contributed by atoms with Gasteiger partial charge in [0.25, 0.3) is 0 Å². The second-order valence-corrected chi connectivity index (χ2v) is 7.51. The van der Waals surface area contributed by atoms with Crippen LogP contribution in [-0.4, -0.2) is 34.0 Å². The maximum atomic E-state index is 12.6. The molecule has 2 heterocycles. The van der Waals surface area contributed by atoms with Crippen molar-refractivity contribution in [2.75, 3.05) is 13.1 Å². The molecule has 1 saturated heterocycles. The first-order valence-electron chi connectivity index (χ1n) is 9.64. The summed E-state index contributed by atoms with van der Waals surface area (Å²) in [5, 5.41) is 3.04. The fraction of sp³-hybridized carbons (Fsp3) is 0.364. The number of carbonyl (C=O) groups is 1. The molecule has 1 aliphatic heterocycles. The molecule has 1 fully saturated rings. The van der Waals surface area contributed by atoms with Crippen LogP contribution in [-0.2, 0) is 6.54 Å². The van der Waals surface area contributed by atoms with E-state index in [1.807, 2.05) is 35.2 Å². The standard InChI is InChI=1S/C22H26N4O/c1-15-11-19-20(12-16(15)2)25-21(24-19)18-9-6-10-26(14-18)22(27)23-13-17-7-4-3-5-8-17/h3-5,7-8,11-12,18H,6,9-10,13-14H2,1-2H3,(H,23,27)(H,24,25)/t18-/m1/s1. The number of carbonyl (C=O) groups excluding carboxylic acids is 1. The summed E-state index contributed by atoms with van der Waals surface area (Å²) in [6.45, 7) is 6.30. The number of rotatable bonds is 3. The molecule has 140 valence electrons. The van der Waals surface area contributed by atoms with E-state index in [0.29, 0.717) is 13.1 Å². The third-order valence-corrected chi connectivity index (χ3v) is 5.50. The van der Waals surface area contributed by atoms with E-state index in [1.54, 1.807) is 0 Å². The van der Waals surface area contributed by atoms with Crippen LogP contribution < -0.4 is 5.32 Å². The number of hydrogen-bond donors (Lipinski definition) is 2. The van der Waals surface area contributed by atoms with Gasteiger partial charge in [0.15, 0.2) is 0 Å². The summed E-state index contributed by atoms with van der Waals surface area (Å²) in [6, 6.07) is 14.3. The number of urea groups is 1. The number of fused-ring (bicyclic) bond motifs is 1. The highest BCUT2D eigenvalue weighted by molar-refractivity contribution is 5.77. The minimum absolute atomic E-state index is 0.00588. The van der Waals surface area contributed by atoms with Crippen LogP contribution in [0.2, 0.25) is 0 Å². The van der Waals surface area contributed by atoms with Crippen molar-refractivity contribution >= 4 is 17.1 Å². The number of hydrogen-bond acceptors (Lipinski definition) is 2. The number of H-pyrrole nitrogens is 1. The lowest BCUT2D eigenvalue weighted by atomic mass is 9.97. The Morgan fingerprint density at radius 2 is 2.00 bits per heavy atom. The summed E-state index contributed by atoms with van der Waals surface area (Å²) >= 11 is 0. The molecule has 0 saturated carbocycles. The van der Waals surface area contributed by atoms with E-state index >= 15 is 0 Å². The van der Waals surface area contributed by atoms with Gasteiger partial charge in [-0.25, -0.2) is 9.78 Å². The first kappa shape index (κ1) is 17.6. The fourth-order valence-corrected chi connectivity index (χ4v) is 3.75. The molecule has 5 nitrogen and oxygen atoms in total. The average molecular weight is 362 g/mol. The Kier molecular flexibility index (Phi) is 4.84. The Morgan fingerprint density at radius 1 is 1.22 bits per heavy atom. The number of piperidine rings is 1. The molecule has 2 aromatic carbocycles. The predicted octanol–water partition coefficient (Wildman–Crippen LogP) is 4.27. The molecule has 2 amide bonds. The number of benzene rings is 2. The largest absolute Gasteiger partial charge is 0.342 e. The van der Waals surface area contributed by atoms with Crippen molar-refractivity contribution in [3.05, 3.63) is 65.0 Å². The lowest BCUT2D eigenvalue weighted by Crippen LogP contribution is -2.44. The number of aromatic nitrogens is 2. The maximum Gasteiger partial charge on any atom is 0.317 e. The van der Waals surface area contributed by atoms with Crippen LogP contribution in [0.15, 0.2) is 42.5 Å². The maximum absolute atomic E-state index is 12.6. The van der Waals surface area contributed by atoms with Gasteiger partial charge in [-0.2, -0.15) is 0 Å². The van der Waals surface area contributed by atoms with Crippen molar-refractivity contribution in [1.82, 2.24) is 20.2 Å². The molecular weight excluding hydrogens is 336 g/mol. The summed E-state index contributed by atoms with van der Waals surface area (Å²) in [5.41, 5.74) is 5.73. The normalized spacial score (nSPS) is 17.3. The van der Waals surface area contributed by atoms with Crippen molar-refractivity contribution < 1.29 is 4.79 Å². The molecule has 4 rings (SSSR count). The summed E-state index contributed by atoms with van der Waals surface area (Å²) in [4.78, 5) is 22.8. The highest BCUT2D eigenvalue weighted by Gasteiger charge is 2.26. The zero-order valence-electron chi connectivity index (χ0n) is 16.0.